The standard InChI is InChI=1S/C14H19FN4/c1-12(11-13-3-5-14(15)6-4-13)16-7-2-9-19-10-8-17-18-19/h3-6,8,10,12,16H,2,7,9,11H2,1H3. The highest BCUT2D eigenvalue weighted by molar-refractivity contribution is 5.16. The highest BCUT2D eigenvalue weighted by Crippen LogP contribution is 2.05. The summed E-state index contributed by atoms with van der Waals surface area (Å²) >= 11 is 0. The Morgan fingerprint density at radius 2 is 2.11 bits per heavy atom. The Balaban J connectivity index is 1.64. The molecular weight excluding hydrogens is 243 g/mol. The molecule has 0 saturated carbocycles. The molecule has 1 unspecified atom stereocenters. The maximum atomic E-state index is 12.8. The van der Waals surface area contributed by atoms with Crippen molar-refractivity contribution in [1.82, 2.24) is 20.3 Å². The van der Waals surface area contributed by atoms with Gasteiger partial charge in [-0.2, -0.15) is 0 Å². The van der Waals surface area contributed by atoms with Crippen LogP contribution in [0.15, 0.2) is 36.7 Å². The second-order valence-corrected chi connectivity index (χ2v) is 4.71. The molecule has 0 saturated heterocycles. The first kappa shape index (κ1) is 13.7. The predicted octanol–water partition coefficient (Wildman–Crippen LogP) is 2.03. The van der Waals surface area contributed by atoms with E-state index in [1.54, 1.807) is 6.20 Å². The average Bonchev–Trinajstić information content (AvgIpc) is 2.91. The molecule has 0 aliphatic carbocycles. The van der Waals surface area contributed by atoms with E-state index in [-0.39, 0.29) is 5.82 Å². The number of nitrogens with zero attached hydrogens (tertiary/aromatic N) is 3. The second-order valence-electron chi connectivity index (χ2n) is 4.71. The number of nitrogens with one attached hydrogen (secondary N) is 1. The molecule has 5 heteroatoms. The van der Waals surface area contributed by atoms with E-state index in [1.807, 2.05) is 23.0 Å². The molecule has 1 heterocycles. The summed E-state index contributed by atoms with van der Waals surface area (Å²) in [7, 11) is 0. The van der Waals surface area contributed by atoms with Gasteiger partial charge in [0.05, 0.1) is 6.20 Å². The van der Waals surface area contributed by atoms with Crippen LogP contribution in [0.3, 0.4) is 0 Å². The molecule has 0 aliphatic heterocycles. The van der Waals surface area contributed by atoms with Crippen molar-refractivity contribution in [3.05, 3.63) is 48.0 Å². The molecule has 0 aliphatic rings. The van der Waals surface area contributed by atoms with Crippen LogP contribution in [0, 0.1) is 5.82 Å². The van der Waals surface area contributed by atoms with Gasteiger partial charge in [0.1, 0.15) is 5.82 Å². The lowest BCUT2D eigenvalue weighted by Gasteiger charge is -2.13. The van der Waals surface area contributed by atoms with E-state index in [2.05, 4.69) is 22.6 Å². The molecule has 0 bridgehead atoms. The number of hydrogen-bond acceptors (Lipinski definition) is 3. The normalized spacial score (nSPS) is 12.5. The molecule has 0 fully saturated rings. The summed E-state index contributed by atoms with van der Waals surface area (Å²) in [5.41, 5.74) is 1.15. The van der Waals surface area contributed by atoms with Gasteiger partial charge in [-0.15, -0.1) is 5.10 Å². The van der Waals surface area contributed by atoms with Crippen molar-refractivity contribution in [3.63, 3.8) is 0 Å². The number of halogens is 1. The number of aryl methyl sites for hydroxylation is 1. The van der Waals surface area contributed by atoms with E-state index in [1.165, 1.54) is 12.1 Å². The van der Waals surface area contributed by atoms with Crippen LogP contribution in [0.25, 0.3) is 0 Å². The van der Waals surface area contributed by atoms with Crippen LogP contribution in [0.5, 0.6) is 0 Å². The summed E-state index contributed by atoms with van der Waals surface area (Å²) in [6, 6.07) is 7.06. The fraction of sp³-hybridized carbons (Fsp3) is 0.429. The maximum Gasteiger partial charge on any atom is 0.123 e. The molecular formula is C14H19FN4. The fourth-order valence-electron chi connectivity index (χ4n) is 1.99. The molecule has 2 aromatic rings. The van der Waals surface area contributed by atoms with Crippen molar-refractivity contribution in [1.29, 1.82) is 0 Å². The van der Waals surface area contributed by atoms with Gasteiger partial charge in [-0.25, -0.2) is 4.39 Å². The minimum atomic E-state index is -0.183. The van der Waals surface area contributed by atoms with E-state index >= 15 is 0 Å². The van der Waals surface area contributed by atoms with Crippen LogP contribution in [0.2, 0.25) is 0 Å². The summed E-state index contributed by atoms with van der Waals surface area (Å²) in [6.45, 7) is 3.94. The second kappa shape index (κ2) is 6.99. The van der Waals surface area contributed by atoms with Crippen LogP contribution in [0.1, 0.15) is 18.9 Å². The first-order valence-electron chi connectivity index (χ1n) is 6.56. The van der Waals surface area contributed by atoms with Crippen molar-refractivity contribution >= 4 is 0 Å². The lowest BCUT2D eigenvalue weighted by atomic mass is 10.1. The topological polar surface area (TPSA) is 42.7 Å². The first-order chi connectivity index (χ1) is 9.24. The van der Waals surface area contributed by atoms with Gasteiger partial charge in [0.2, 0.25) is 0 Å². The van der Waals surface area contributed by atoms with Crippen LogP contribution >= 0.6 is 0 Å². The average molecular weight is 262 g/mol. The Morgan fingerprint density at radius 1 is 1.32 bits per heavy atom. The van der Waals surface area contributed by atoms with Crippen LogP contribution in [-0.2, 0) is 13.0 Å². The summed E-state index contributed by atoms with van der Waals surface area (Å²) < 4.78 is 14.6. The quantitative estimate of drug-likeness (QED) is 0.776. The Bertz CT molecular complexity index is 467. The van der Waals surface area contributed by atoms with Crippen molar-refractivity contribution in [2.75, 3.05) is 6.54 Å². The van der Waals surface area contributed by atoms with Crippen molar-refractivity contribution < 1.29 is 4.39 Å². The van der Waals surface area contributed by atoms with E-state index in [0.29, 0.717) is 6.04 Å². The monoisotopic (exact) mass is 262 g/mol. The lowest BCUT2D eigenvalue weighted by Crippen LogP contribution is -2.29. The van der Waals surface area contributed by atoms with Crippen LogP contribution < -0.4 is 5.32 Å². The van der Waals surface area contributed by atoms with Crippen molar-refractivity contribution in [3.8, 4) is 0 Å². The molecule has 0 radical (unpaired) electrons. The third kappa shape index (κ3) is 4.79. The predicted molar refractivity (Wildman–Crippen MR) is 72.2 cm³/mol. The molecule has 1 N–H and O–H groups in total. The maximum absolute atomic E-state index is 12.8. The smallest absolute Gasteiger partial charge is 0.123 e. The van der Waals surface area contributed by atoms with Gasteiger partial charge in [0.25, 0.3) is 0 Å². The van der Waals surface area contributed by atoms with E-state index in [9.17, 15) is 4.39 Å². The molecule has 4 nitrogen and oxygen atoms in total. The lowest BCUT2D eigenvalue weighted by molar-refractivity contribution is 0.489. The molecule has 0 amide bonds. The molecule has 1 atom stereocenters. The van der Waals surface area contributed by atoms with Crippen molar-refractivity contribution in [2.45, 2.75) is 32.4 Å². The molecule has 1 aromatic carbocycles. The summed E-state index contributed by atoms with van der Waals surface area (Å²) in [5, 5.41) is 11.1. The van der Waals surface area contributed by atoms with Gasteiger partial charge in [-0.3, -0.25) is 4.68 Å². The molecule has 0 spiro atoms. The molecule has 19 heavy (non-hydrogen) atoms. The largest absolute Gasteiger partial charge is 0.314 e. The third-order valence-electron chi connectivity index (χ3n) is 2.98. The Kier molecular flexibility index (Phi) is 5.03. The SMILES string of the molecule is CC(Cc1ccc(F)cc1)NCCCn1ccnn1. The molecule has 2 rings (SSSR count). The zero-order chi connectivity index (χ0) is 13.5. The van der Waals surface area contributed by atoms with Gasteiger partial charge in [0.15, 0.2) is 0 Å². The van der Waals surface area contributed by atoms with Gasteiger partial charge < -0.3 is 5.32 Å². The van der Waals surface area contributed by atoms with Gasteiger partial charge in [0, 0.05) is 18.8 Å². The minimum Gasteiger partial charge on any atom is -0.314 e. The third-order valence-corrected chi connectivity index (χ3v) is 2.98. The van der Waals surface area contributed by atoms with Gasteiger partial charge in [-0.1, -0.05) is 17.3 Å². The highest BCUT2D eigenvalue weighted by Gasteiger charge is 2.03. The summed E-state index contributed by atoms with van der Waals surface area (Å²) in [5.74, 6) is -0.183. The first-order valence-corrected chi connectivity index (χ1v) is 6.56. The summed E-state index contributed by atoms with van der Waals surface area (Å²) in [4.78, 5) is 0. The van der Waals surface area contributed by atoms with Gasteiger partial charge >= 0.3 is 0 Å². The Morgan fingerprint density at radius 3 is 2.79 bits per heavy atom. The zero-order valence-electron chi connectivity index (χ0n) is 11.1. The summed E-state index contributed by atoms with van der Waals surface area (Å²) in [6.07, 6.45) is 5.47. The Labute approximate surface area is 112 Å². The molecule has 1 aromatic heterocycles. The van der Waals surface area contributed by atoms with Crippen LogP contribution in [0.4, 0.5) is 4.39 Å². The van der Waals surface area contributed by atoms with E-state index in [4.69, 9.17) is 0 Å². The van der Waals surface area contributed by atoms with Gasteiger partial charge in [-0.05, 0) is 44.0 Å². The van der Waals surface area contributed by atoms with Crippen LogP contribution in [-0.4, -0.2) is 27.6 Å². The number of benzene rings is 1. The number of aromatic nitrogens is 3. The zero-order valence-corrected chi connectivity index (χ0v) is 11.1. The van der Waals surface area contributed by atoms with Crippen molar-refractivity contribution in [2.24, 2.45) is 0 Å². The fourth-order valence-corrected chi connectivity index (χ4v) is 1.99. The number of hydrogen-bond donors (Lipinski definition) is 1. The number of rotatable bonds is 7. The van der Waals surface area contributed by atoms with E-state index < -0.39 is 0 Å². The minimum absolute atomic E-state index is 0.183. The Hall–Kier alpha value is -1.75. The van der Waals surface area contributed by atoms with E-state index in [0.717, 1.165) is 31.5 Å². The highest BCUT2D eigenvalue weighted by atomic mass is 19.1. The molecule has 102 valence electrons.